The average molecular weight is 580 g/mol. The van der Waals surface area contributed by atoms with Crippen LogP contribution in [0.5, 0.6) is 0 Å². The van der Waals surface area contributed by atoms with Gasteiger partial charge < -0.3 is 4.74 Å². The number of nitrogens with one attached hydrogen (secondary N) is 2. The second-order valence-electron chi connectivity index (χ2n) is 10.3. The molecule has 0 radical (unpaired) electrons. The highest BCUT2D eigenvalue weighted by Crippen LogP contribution is 2.52. The van der Waals surface area contributed by atoms with Crippen molar-refractivity contribution in [3.05, 3.63) is 150 Å². The summed E-state index contributed by atoms with van der Waals surface area (Å²) in [6.07, 6.45) is 0. The number of fused-ring (bicyclic) bond motifs is 3. The van der Waals surface area contributed by atoms with Gasteiger partial charge in [-0.2, -0.15) is 8.78 Å². The van der Waals surface area contributed by atoms with E-state index in [9.17, 15) is 0 Å². The molecule has 1 aromatic heterocycles. The summed E-state index contributed by atoms with van der Waals surface area (Å²) in [5, 5.41) is 16.5. The molecule has 212 valence electrons. The fourth-order valence-corrected chi connectivity index (χ4v) is 5.25. The molecule has 8 heteroatoms. The molecule has 0 unspecified atom stereocenters. The van der Waals surface area contributed by atoms with Crippen LogP contribution in [0.25, 0.3) is 45.3 Å². The molecule has 44 heavy (non-hydrogen) atoms. The van der Waals surface area contributed by atoms with Crippen molar-refractivity contribution in [3.63, 3.8) is 0 Å². The Morgan fingerprint density at radius 3 is 1.52 bits per heavy atom. The largest absolute Gasteiger partial charge is 0.421 e. The molecule has 2 N–H and O–H groups in total. The van der Waals surface area contributed by atoms with Gasteiger partial charge in [0.15, 0.2) is 17.5 Å². The molecule has 1 aliphatic carbocycles. The van der Waals surface area contributed by atoms with E-state index in [0.29, 0.717) is 33.9 Å². The fraction of sp³-hybridized carbons (Fsp3) is 0.0278. The summed E-state index contributed by atoms with van der Waals surface area (Å²) in [4.78, 5) is 14.0. The molecule has 1 aliphatic rings. The maximum atomic E-state index is 16.1. The van der Waals surface area contributed by atoms with Crippen LogP contribution in [0.4, 0.5) is 8.78 Å². The van der Waals surface area contributed by atoms with Gasteiger partial charge in [-0.05, 0) is 41.5 Å². The van der Waals surface area contributed by atoms with Crippen LogP contribution in [0.1, 0.15) is 22.3 Å². The molecule has 0 amide bonds. The minimum atomic E-state index is -3.35. The Kier molecular flexibility index (Phi) is 6.59. The van der Waals surface area contributed by atoms with Crippen molar-refractivity contribution in [3.8, 4) is 45.3 Å². The van der Waals surface area contributed by atoms with Crippen LogP contribution < -0.4 is 0 Å². The van der Waals surface area contributed by atoms with Crippen molar-refractivity contribution in [2.75, 3.05) is 0 Å². The Bertz CT molecular complexity index is 1990. The van der Waals surface area contributed by atoms with Crippen molar-refractivity contribution < 1.29 is 13.5 Å². The molecular weight excluding hydrogens is 556 g/mol. The molecule has 1 heterocycles. The monoisotopic (exact) mass is 579 g/mol. The van der Waals surface area contributed by atoms with E-state index >= 15 is 8.78 Å². The molecule has 7 rings (SSSR count). The van der Waals surface area contributed by atoms with Gasteiger partial charge >= 0.3 is 0 Å². The summed E-state index contributed by atoms with van der Waals surface area (Å²) < 4.78 is 37.6. The van der Waals surface area contributed by atoms with Gasteiger partial charge in [0.2, 0.25) is 11.8 Å². The van der Waals surface area contributed by atoms with E-state index < -0.39 is 5.92 Å². The van der Waals surface area contributed by atoms with Crippen molar-refractivity contribution in [1.82, 2.24) is 15.0 Å². The van der Waals surface area contributed by atoms with E-state index in [-0.39, 0.29) is 34.3 Å². The van der Waals surface area contributed by atoms with E-state index in [0.717, 1.165) is 11.1 Å². The minimum absolute atomic E-state index is 0.148. The van der Waals surface area contributed by atoms with Crippen molar-refractivity contribution in [2.24, 2.45) is 0 Å². The Morgan fingerprint density at radius 1 is 0.500 bits per heavy atom. The summed E-state index contributed by atoms with van der Waals surface area (Å²) >= 11 is 0. The van der Waals surface area contributed by atoms with Crippen LogP contribution >= 0.6 is 0 Å². The van der Waals surface area contributed by atoms with Gasteiger partial charge in [-0.25, -0.2) is 15.0 Å². The molecule has 0 aliphatic heterocycles. The number of rotatable bonds is 5. The summed E-state index contributed by atoms with van der Waals surface area (Å²) in [5.41, 5.74) is 2.99. The van der Waals surface area contributed by atoms with Crippen LogP contribution in [0.2, 0.25) is 0 Å². The van der Waals surface area contributed by atoms with Crippen LogP contribution in [0.15, 0.2) is 127 Å². The SMILES string of the molecule is N=C(OC(=N)c1ccc2c(c1)C(F)(F)c1cc(-c3nc(-c4ccccc4)nc(-c4ccccc4)n3)ccc1-2)c1ccccc1. The molecule has 6 nitrogen and oxygen atoms in total. The van der Waals surface area contributed by atoms with Crippen LogP contribution in [-0.4, -0.2) is 26.7 Å². The van der Waals surface area contributed by atoms with Crippen LogP contribution in [0.3, 0.4) is 0 Å². The Morgan fingerprint density at radius 2 is 0.955 bits per heavy atom. The maximum absolute atomic E-state index is 16.1. The van der Waals surface area contributed by atoms with Crippen molar-refractivity contribution in [2.45, 2.75) is 5.92 Å². The van der Waals surface area contributed by atoms with Crippen molar-refractivity contribution in [1.29, 1.82) is 10.8 Å². The average Bonchev–Trinajstić information content (AvgIpc) is 3.30. The quantitative estimate of drug-likeness (QED) is 0.158. The Hall–Kier alpha value is -5.89. The van der Waals surface area contributed by atoms with E-state index in [2.05, 4.69) is 15.0 Å². The first kappa shape index (κ1) is 27.0. The highest BCUT2D eigenvalue weighted by molar-refractivity contribution is 6.05. The van der Waals surface area contributed by atoms with Gasteiger partial charge in [-0.15, -0.1) is 0 Å². The third kappa shape index (κ3) is 4.82. The normalized spacial score (nSPS) is 12.7. The number of hydrogen-bond acceptors (Lipinski definition) is 6. The molecule has 5 aromatic carbocycles. The second-order valence-corrected chi connectivity index (χ2v) is 10.3. The first-order chi connectivity index (χ1) is 21.4. The second kappa shape index (κ2) is 10.7. The number of halogens is 2. The highest BCUT2D eigenvalue weighted by atomic mass is 19.3. The van der Waals surface area contributed by atoms with Crippen LogP contribution in [0, 0.1) is 10.8 Å². The first-order valence-corrected chi connectivity index (χ1v) is 13.8. The van der Waals surface area contributed by atoms with Gasteiger partial charge in [0.05, 0.1) is 0 Å². The van der Waals surface area contributed by atoms with Gasteiger partial charge in [-0.3, -0.25) is 10.8 Å². The summed E-state index contributed by atoms with van der Waals surface area (Å²) in [6, 6.07) is 36.8. The maximum Gasteiger partial charge on any atom is 0.299 e. The third-order valence-electron chi connectivity index (χ3n) is 7.47. The molecule has 0 saturated carbocycles. The van der Waals surface area contributed by atoms with Crippen molar-refractivity contribution >= 4 is 11.8 Å². The Balaban J connectivity index is 1.25. The third-order valence-corrected chi connectivity index (χ3v) is 7.47. The number of aromatic nitrogens is 3. The standard InChI is InChI=1S/C36H23F2N5O/c37-36(38)29-20-25(32(40)44-31(39)22-10-4-1-5-11-22)16-18-27(29)28-19-17-26(21-30(28)36)35-42-33(23-12-6-2-7-13-23)41-34(43-35)24-14-8-3-9-15-24/h1-21,39-40H. The van der Waals surface area contributed by atoms with E-state index in [1.165, 1.54) is 12.1 Å². The van der Waals surface area contributed by atoms with E-state index in [4.69, 9.17) is 15.6 Å². The smallest absolute Gasteiger partial charge is 0.299 e. The predicted octanol–water partition coefficient (Wildman–Crippen LogP) is 8.36. The number of ether oxygens (including phenoxy) is 1. The zero-order chi connectivity index (χ0) is 30.3. The predicted molar refractivity (Wildman–Crippen MR) is 166 cm³/mol. The number of hydrogen-bond donors (Lipinski definition) is 2. The molecule has 0 spiro atoms. The van der Waals surface area contributed by atoms with E-state index in [1.54, 1.807) is 54.6 Å². The zero-order valence-corrected chi connectivity index (χ0v) is 23.1. The molecular formula is C36H23F2N5O. The molecule has 0 atom stereocenters. The van der Waals surface area contributed by atoms with Gasteiger partial charge in [0, 0.05) is 38.9 Å². The lowest BCUT2D eigenvalue weighted by Crippen LogP contribution is -2.15. The van der Waals surface area contributed by atoms with Gasteiger partial charge in [-0.1, -0.05) is 97.1 Å². The summed E-state index contributed by atoms with van der Waals surface area (Å²) in [6.45, 7) is 0. The van der Waals surface area contributed by atoms with Crippen LogP contribution in [-0.2, 0) is 10.7 Å². The lowest BCUT2D eigenvalue weighted by molar-refractivity contribution is 0.0480. The number of benzene rings is 5. The molecule has 6 aromatic rings. The molecule has 0 bridgehead atoms. The van der Waals surface area contributed by atoms with Gasteiger partial charge in [0.25, 0.3) is 5.92 Å². The highest BCUT2D eigenvalue weighted by Gasteiger charge is 2.45. The minimum Gasteiger partial charge on any atom is -0.421 e. The number of nitrogens with zero attached hydrogens (tertiary/aromatic N) is 3. The number of alkyl halides is 2. The molecule has 0 saturated heterocycles. The van der Waals surface area contributed by atoms with E-state index in [1.807, 2.05) is 60.7 Å². The van der Waals surface area contributed by atoms with Gasteiger partial charge in [0.1, 0.15) is 0 Å². The summed E-state index contributed by atoms with van der Waals surface area (Å²) in [7, 11) is 0. The molecule has 0 fully saturated rings. The fourth-order valence-electron chi connectivity index (χ4n) is 5.25. The topological polar surface area (TPSA) is 95.6 Å². The first-order valence-electron chi connectivity index (χ1n) is 13.8. The lowest BCUT2D eigenvalue weighted by atomic mass is 10.0. The Labute approximate surface area is 251 Å². The summed E-state index contributed by atoms with van der Waals surface area (Å²) in [5.74, 6) is -2.81. The zero-order valence-electron chi connectivity index (χ0n) is 23.1. The lowest BCUT2D eigenvalue weighted by Gasteiger charge is -2.15.